The van der Waals surface area contributed by atoms with Gasteiger partial charge in [0.15, 0.2) is 5.75 Å². The zero-order valence-electron chi connectivity index (χ0n) is 39.2. The van der Waals surface area contributed by atoms with E-state index in [9.17, 15) is 9.90 Å². The predicted molar refractivity (Wildman–Crippen MR) is 261 cm³/mol. The van der Waals surface area contributed by atoms with E-state index in [2.05, 4.69) is 32.4 Å². The maximum atomic E-state index is 13.4. The van der Waals surface area contributed by atoms with Gasteiger partial charge < -0.3 is 38.3 Å². The molecular formula is C50H59Cl2N7O9S. The van der Waals surface area contributed by atoms with Gasteiger partial charge >= 0.3 is 5.97 Å². The van der Waals surface area contributed by atoms with Gasteiger partial charge in [0.1, 0.15) is 53.9 Å². The van der Waals surface area contributed by atoms with Crippen LogP contribution < -0.4 is 24.4 Å². The van der Waals surface area contributed by atoms with Crippen molar-refractivity contribution in [1.82, 2.24) is 35.3 Å². The number of ether oxygens (including phenoxy) is 7. The molecule has 5 aromatic rings. The molecule has 2 aliphatic carbocycles. The molecule has 2 saturated heterocycles. The fourth-order valence-corrected chi connectivity index (χ4v) is 11.7. The number of nitrogens with one attached hydrogen (secondary N) is 1. The van der Waals surface area contributed by atoms with Crippen LogP contribution in [-0.2, 0) is 32.0 Å². The van der Waals surface area contributed by atoms with Crippen molar-refractivity contribution in [2.45, 2.75) is 108 Å². The minimum atomic E-state index is -1.37. The standard InChI is InChI=1S/C50H59Cl2N7O9S/c1-28-40-29(2)44(52)45(43(28)51)67-36(21-59-16-15-58(3)27-56-59)24-65-35-11-12-38(66-22-33-13-14-53-47(57-33)31-7-9-34(10-8-31)64-25-37-23-62-17-18-63-37)32(19-35)20-39(50(60)61)68-48-42-41(40)46(30-5-4-6-30)69-49(42)55-26-54-48/h11-14,19,26,30-31,34,36-37,39,56H,4-10,15-18,20-25,27H2,1-3H3,(H,60,61)/t31?,34?,36-,37?,39-/m1/s1. The number of fused-ring (bicyclic) bond motifs is 7. The summed E-state index contributed by atoms with van der Waals surface area (Å²) in [6.45, 7) is 9.32. The molecule has 0 radical (unpaired) electrons. The number of carboxylic acids is 1. The van der Waals surface area contributed by atoms with Crippen LogP contribution in [0, 0.1) is 13.8 Å². The SMILES string of the molecule is Cc1c(Cl)c2c(Cl)c(C)c1-c1c(C3CCC3)sc3ncnc(c13)O[C@@H](C(=O)O)Cc1cc(ccc1OCc1ccnc(C3CCC(OCC4COCCO4)CC3)n1)OC[C@@H](CN1CCN(C)CN1)O2. The lowest BCUT2D eigenvalue weighted by atomic mass is 9.80. The molecular weight excluding hydrogens is 946 g/mol. The molecule has 19 heteroatoms. The lowest BCUT2D eigenvalue weighted by molar-refractivity contribution is -0.145. The minimum absolute atomic E-state index is 0.0133. The van der Waals surface area contributed by atoms with Gasteiger partial charge in [0.2, 0.25) is 12.0 Å². The Morgan fingerprint density at radius 2 is 1.77 bits per heavy atom. The van der Waals surface area contributed by atoms with E-state index in [0.717, 1.165) is 91.0 Å². The molecule has 2 aromatic carbocycles. The van der Waals surface area contributed by atoms with Crippen LogP contribution >= 0.6 is 34.5 Å². The van der Waals surface area contributed by atoms with E-state index in [1.807, 2.05) is 26.0 Å². The summed E-state index contributed by atoms with van der Waals surface area (Å²) in [4.78, 5) is 36.3. The second-order valence-electron chi connectivity index (χ2n) is 18.8. The lowest BCUT2D eigenvalue weighted by Crippen LogP contribution is -2.56. The smallest absolute Gasteiger partial charge is 0.345 e. The van der Waals surface area contributed by atoms with Crippen molar-refractivity contribution >= 4 is 50.7 Å². The molecule has 2 N–H and O–H groups in total. The molecule has 3 aromatic heterocycles. The average molecular weight is 1010 g/mol. The van der Waals surface area contributed by atoms with Gasteiger partial charge in [0.05, 0.1) is 66.9 Å². The predicted octanol–water partition coefficient (Wildman–Crippen LogP) is 8.30. The van der Waals surface area contributed by atoms with Crippen molar-refractivity contribution in [3.8, 4) is 34.3 Å². The van der Waals surface area contributed by atoms with Crippen molar-refractivity contribution in [2.24, 2.45) is 0 Å². The van der Waals surface area contributed by atoms with E-state index in [4.69, 9.17) is 66.3 Å². The molecule has 11 rings (SSSR count). The van der Waals surface area contributed by atoms with E-state index < -0.39 is 18.2 Å². The molecule has 6 aliphatic rings. The molecule has 1 unspecified atom stereocenters. The number of carbonyl (C=O) groups is 1. The van der Waals surface area contributed by atoms with E-state index in [1.54, 1.807) is 29.7 Å². The van der Waals surface area contributed by atoms with E-state index >= 15 is 0 Å². The molecule has 4 bridgehead atoms. The van der Waals surface area contributed by atoms with Gasteiger partial charge in [-0.15, -0.1) is 11.3 Å². The van der Waals surface area contributed by atoms with Crippen LogP contribution in [0.5, 0.6) is 23.1 Å². The number of halogens is 2. The first kappa shape index (κ1) is 48.2. The maximum Gasteiger partial charge on any atom is 0.345 e. The highest BCUT2D eigenvalue weighted by atomic mass is 35.5. The molecule has 3 atom stereocenters. The van der Waals surface area contributed by atoms with Crippen molar-refractivity contribution in [1.29, 1.82) is 0 Å². The van der Waals surface area contributed by atoms with Crippen molar-refractivity contribution < 1.29 is 43.1 Å². The average Bonchev–Trinajstić information content (AvgIpc) is 3.71. The Hall–Kier alpha value is -4.43. The second-order valence-corrected chi connectivity index (χ2v) is 20.6. The Balaban J connectivity index is 0.960. The second kappa shape index (κ2) is 21.5. The molecule has 4 fully saturated rings. The topological polar surface area (TPSA) is 172 Å². The van der Waals surface area contributed by atoms with Crippen LogP contribution in [0.4, 0.5) is 0 Å². The molecule has 16 nitrogen and oxygen atoms in total. The number of hydrogen-bond donors (Lipinski definition) is 2. The number of aliphatic carboxylic acids is 1. The highest BCUT2D eigenvalue weighted by Crippen LogP contribution is 2.54. The van der Waals surface area contributed by atoms with Crippen molar-refractivity contribution in [3.05, 3.63) is 79.9 Å². The quantitative estimate of drug-likeness (QED) is 0.129. The zero-order chi connectivity index (χ0) is 47.6. The highest BCUT2D eigenvalue weighted by molar-refractivity contribution is 7.19. The number of thiophene rings is 1. The van der Waals surface area contributed by atoms with E-state index in [-0.39, 0.29) is 49.6 Å². The number of carboxylic acid groups (broad SMARTS) is 1. The fraction of sp³-hybridized carbons (Fsp3) is 0.540. The normalized spacial score (nSPS) is 23.9. The summed E-state index contributed by atoms with van der Waals surface area (Å²) in [6.07, 6.45) is 8.18. The summed E-state index contributed by atoms with van der Waals surface area (Å²) in [5, 5.41) is 14.4. The summed E-state index contributed by atoms with van der Waals surface area (Å²) in [6, 6.07) is 7.26. The molecule has 4 aliphatic heterocycles. The first-order valence-corrected chi connectivity index (χ1v) is 25.6. The number of aromatic nitrogens is 4. The van der Waals surface area contributed by atoms with Gasteiger partial charge in [0, 0.05) is 47.6 Å². The number of hydrogen-bond acceptors (Lipinski definition) is 16. The van der Waals surface area contributed by atoms with Crippen molar-refractivity contribution in [2.75, 3.05) is 66.4 Å². The fourth-order valence-electron chi connectivity index (χ4n) is 9.85. The summed E-state index contributed by atoms with van der Waals surface area (Å²) < 4.78 is 44.0. The molecule has 368 valence electrons. The van der Waals surface area contributed by atoms with Crippen LogP contribution in [0.25, 0.3) is 21.3 Å². The van der Waals surface area contributed by atoms with Gasteiger partial charge in [-0.1, -0.05) is 29.6 Å². The zero-order valence-corrected chi connectivity index (χ0v) is 41.5. The number of hydrazine groups is 1. The van der Waals surface area contributed by atoms with E-state index in [0.29, 0.717) is 88.4 Å². The summed E-state index contributed by atoms with van der Waals surface area (Å²) in [7, 11) is 2.07. The first-order valence-electron chi connectivity index (χ1n) is 24.1. The number of likely N-dealkylation sites (N-methyl/N-ethyl adjacent to an activating group) is 1. The monoisotopic (exact) mass is 1000 g/mol. The molecule has 69 heavy (non-hydrogen) atoms. The number of benzene rings is 2. The van der Waals surface area contributed by atoms with Gasteiger partial charge in [-0.25, -0.2) is 35.2 Å². The molecule has 0 spiro atoms. The maximum absolute atomic E-state index is 13.4. The third-order valence-corrected chi connectivity index (χ3v) is 16.2. The van der Waals surface area contributed by atoms with Gasteiger partial charge in [-0.3, -0.25) is 4.90 Å². The van der Waals surface area contributed by atoms with Gasteiger partial charge in [-0.05, 0) is 106 Å². The van der Waals surface area contributed by atoms with Crippen LogP contribution in [0.3, 0.4) is 0 Å². The minimum Gasteiger partial charge on any atom is -0.490 e. The Labute approximate surface area is 415 Å². The van der Waals surface area contributed by atoms with Gasteiger partial charge in [0.25, 0.3) is 0 Å². The Morgan fingerprint density at radius 1 is 0.942 bits per heavy atom. The summed E-state index contributed by atoms with van der Waals surface area (Å²) >= 11 is 16.3. The van der Waals surface area contributed by atoms with Gasteiger partial charge in [-0.2, -0.15) is 0 Å². The molecule has 7 heterocycles. The summed E-state index contributed by atoms with van der Waals surface area (Å²) in [5.41, 5.74) is 8.00. The Morgan fingerprint density at radius 3 is 2.49 bits per heavy atom. The summed E-state index contributed by atoms with van der Waals surface area (Å²) in [5.74, 6) is 1.59. The Bertz CT molecular complexity index is 2600. The van der Waals surface area contributed by atoms with Crippen LogP contribution in [0.15, 0.2) is 36.8 Å². The van der Waals surface area contributed by atoms with E-state index in [1.165, 1.54) is 6.33 Å². The lowest BCUT2D eigenvalue weighted by Gasteiger charge is -2.35. The molecule has 0 amide bonds. The third-order valence-electron chi connectivity index (χ3n) is 14.0. The Kier molecular flexibility index (Phi) is 15.0. The van der Waals surface area contributed by atoms with Crippen molar-refractivity contribution in [3.63, 3.8) is 0 Å². The van der Waals surface area contributed by atoms with Crippen LogP contribution in [-0.4, -0.2) is 132 Å². The van der Waals surface area contributed by atoms with Crippen LogP contribution in [0.2, 0.25) is 10.0 Å². The number of rotatable bonds is 11. The third kappa shape index (κ3) is 10.8. The van der Waals surface area contributed by atoms with Crippen LogP contribution in [0.1, 0.15) is 89.9 Å². The largest absolute Gasteiger partial charge is 0.490 e. The number of nitrogens with zero attached hydrogens (tertiary/aromatic N) is 6. The first-order chi connectivity index (χ1) is 33.6. The molecule has 2 saturated carbocycles. The highest BCUT2D eigenvalue weighted by Gasteiger charge is 2.35.